The van der Waals surface area contributed by atoms with Crippen molar-refractivity contribution in [3.8, 4) is 0 Å². The van der Waals surface area contributed by atoms with Gasteiger partial charge >= 0.3 is 12.2 Å². The number of alkyl halides is 3. The molecule has 0 radical (unpaired) electrons. The van der Waals surface area contributed by atoms with Gasteiger partial charge in [-0.2, -0.15) is 13.2 Å². The van der Waals surface area contributed by atoms with E-state index in [0.29, 0.717) is 11.3 Å². The van der Waals surface area contributed by atoms with Crippen molar-refractivity contribution in [2.24, 2.45) is 0 Å². The number of fused-ring (bicyclic) bond motifs is 1. The molecular weight excluding hydrogens is 437 g/mol. The van der Waals surface area contributed by atoms with Gasteiger partial charge in [-0.1, -0.05) is 18.2 Å². The van der Waals surface area contributed by atoms with Gasteiger partial charge in [-0.15, -0.1) is 11.8 Å². The van der Waals surface area contributed by atoms with E-state index in [-0.39, 0.29) is 18.1 Å². The topological polar surface area (TPSA) is 57.7 Å². The first-order valence-corrected chi connectivity index (χ1v) is 12.2. The Hall–Kier alpha value is -2.20. The second-order valence-corrected chi connectivity index (χ2v) is 10.4. The lowest BCUT2D eigenvalue weighted by Gasteiger charge is -2.23. The van der Waals surface area contributed by atoms with Gasteiger partial charge in [-0.05, 0) is 42.2 Å². The first-order valence-electron chi connectivity index (χ1n) is 9.19. The number of nitrogens with zero attached hydrogens (tertiary/aromatic N) is 2. The van der Waals surface area contributed by atoms with Gasteiger partial charge < -0.3 is 4.90 Å². The van der Waals surface area contributed by atoms with Crippen molar-refractivity contribution in [3.63, 3.8) is 0 Å². The van der Waals surface area contributed by atoms with Crippen LogP contribution in [-0.2, 0) is 22.6 Å². The number of urea groups is 1. The average Bonchev–Trinajstić information content (AvgIpc) is 3.11. The van der Waals surface area contributed by atoms with Crippen LogP contribution in [-0.4, -0.2) is 49.2 Å². The minimum Gasteiger partial charge on any atom is -0.314 e. The summed E-state index contributed by atoms with van der Waals surface area (Å²) in [6, 6.07) is 10.5. The zero-order valence-electron chi connectivity index (χ0n) is 16.0. The molecule has 0 spiro atoms. The van der Waals surface area contributed by atoms with Gasteiger partial charge in [0.05, 0.1) is 29.2 Å². The number of amides is 2. The number of carbonyl (C=O) groups is 1. The number of benzene rings is 2. The molecule has 2 aromatic rings. The first kappa shape index (κ1) is 21.0. The molecule has 2 amide bonds. The first-order chi connectivity index (χ1) is 14.1. The molecule has 0 saturated carbocycles. The molecule has 2 fully saturated rings. The molecule has 10 heteroatoms. The SMILES string of the molecule is CSc1cccc(N2C(=O)N(Cc3cccc(C(F)(F)F)c3)[C@@H]3CS(=O)(=O)C[C@@H]32)c1. The molecule has 2 atom stereocenters. The van der Waals surface area contributed by atoms with Gasteiger partial charge in [0, 0.05) is 17.1 Å². The van der Waals surface area contributed by atoms with Gasteiger partial charge in [0.1, 0.15) is 0 Å². The highest BCUT2D eigenvalue weighted by Crippen LogP contribution is 2.37. The monoisotopic (exact) mass is 456 g/mol. The number of hydrogen-bond donors (Lipinski definition) is 0. The highest BCUT2D eigenvalue weighted by atomic mass is 32.2. The van der Waals surface area contributed by atoms with Crippen molar-refractivity contribution in [1.82, 2.24) is 4.90 Å². The van der Waals surface area contributed by atoms with Crippen LogP contribution in [0.3, 0.4) is 0 Å². The van der Waals surface area contributed by atoms with E-state index in [2.05, 4.69) is 0 Å². The standard InChI is InChI=1S/C20H19F3N2O3S2/c1-29-16-7-3-6-15(9-16)25-18-12-30(27,28)11-17(18)24(19(25)26)10-13-4-2-5-14(8-13)20(21,22)23/h2-9,17-18H,10-12H2,1H3/t17-,18+/m1/s1. The normalized spacial score (nSPS) is 23.1. The third-order valence-electron chi connectivity index (χ3n) is 5.42. The molecule has 30 heavy (non-hydrogen) atoms. The number of sulfone groups is 1. The number of carbonyl (C=O) groups excluding carboxylic acids is 1. The number of rotatable bonds is 4. The minimum atomic E-state index is -4.49. The molecule has 2 saturated heterocycles. The Labute approximate surface area is 176 Å². The van der Waals surface area contributed by atoms with Crippen molar-refractivity contribution in [3.05, 3.63) is 59.7 Å². The fourth-order valence-corrected chi connectivity index (χ4v) is 6.47. The quantitative estimate of drug-likeness (QED) is 0.515. The molecule has 0 N–H and O–H groups in total. The van der Waals surface area contributed by atoms with Crippen molar-refractivity contribution in [2.45, 2.75) is 29.7 Å². The largest absolute Gasteiger partial charge is 0.416 e. The molecule has 0 unspecified atom stereocenters. The number of halogens is 3. The van der Waals surface area contributed by atoms with Crippen molar-refractivity contribution in [1.29, 1.82) is 0 Å². The van der Waals surface area contributed by atoms with E-state index in [1.54, 1.807) is 12.1 Å². The molecule has 0 aliphatic carbocycles. The van der Waals surface area contributed by atoms with Gasteiger partial charge in [0.2, 0.25) is 0 Å². The van der Waals surface area contributed by atoms with E-state index in [0.717, 1.165) is 17.0 Å². The Morgan fingerprint density at radius 2 is 1.77 bits per heavy atom. The molecule has 2 aliphatic heterocycles. The molecule has 4 rings (SSSR count). The van der Waals surface area contributed by atoms with Crippen LogP contribution in [0.2, 0.25) is 0 Å². The van der Waals surface area contributed by atoms with Gasteiger partial charge in [-0.3, -0.25) is 4.90 Å². The Morgan fingerprint density at radius 3 is 2.47 bits per heavy atom. The lowest BCUT2D eigenvalue weighted by Crippen LogP contribution is -2.37. The second-order valence-electron chi connectivity index (χ2n) is 7.39. The summed E-state index contributed by atoms with van der Waals surface area (Å²) in [5.41, 5.74) is 0.0956. The highest BCUT2D eigenvalue weighted by molar-refractivity contribution is 7.98. The second kappa shape index (κ2) is 7.49. The Bertz CT molecular complexity index is 1090. The lowest BCUT2D eigenvalue weighted by atomic mass is 10.1. The van der Waals surface area contributed by atoms with E-state index in [1.165, 1.54) is 33.7 Å². The molecule has 2 aliphatic rings. The van der Waals surface area contributed by atoms with Crippen LogP contribution in [0.4, 0.5) is 23.7 Å². The fourth-order valence-electron chi connectivity index (χ4n) is 4.07. The Morgan fingerprint density at radius 1 is 1.07 bits per heavy atom. The van der Waals surface area contributed by atoms with Crippen molar-refractivity contribution < 1.29 is 26.4 Å². The molecular formula is C20H19F3N2O3S2. The van der Waals surface area contributed by atoms with Gasteiger partial charge in [0.15, 0.2) is 9.84 Å². The van der Waals surface area contributed by atoms with Crippen molar-refractivity contribution in [2.75, 3.05) is 22.7 Å². The number of anilines is 1. The van der Waals surface area contributed by atoms with Crippen LogP contribution in [0, 0.1) is 0 Å². The zero-order valence-corrected chi connectivity index (χ0v) is 17.6. The zero-order chi connectivity index (χ0) is 21.7. The summed E-state index contributed by atoms with van der Waals surface area (Å²) in [4.78, 5) is 17.0. The smallest absolute Gasteiger partial charge is 0.314 e. The van der Waals surface area contributed by atoms with Crippen LogP contribution in [0.5, 0.6) is 0 Å². The highest BCUT2D eigenvalue weighted by Gasteiger charge is 2.53. The van der Waals surface area contributed by atoms with E-state index < -0.39 is 39.7 Å². The maximum absolute atomic E-state index is 13.2. The summed E-state index contributed by atoms with van der Waals surface area (Å²) < 4.78 is 63.8. The van der Waals surface area contributed by atoms with Crippen molar-refractivity contribution >= 4 is 33.3 Å². The summed E-state index contributed by atoms with van der Waals surface area (Å²) in [6.07, 6.45) is -2.59. The Kier molecular flexibility index (Phi) is 5.26. The summed E-state index contributed by atoms with van der Waals surface area (Å²) in [5.74, 6) is -0.354. The number of thioether (sulfide) groups is 1. The summed E-state index contributed by atoms with van der Waals surface area (Å²) in [7, 11) is -3.36. The molecule has 2 heterocycles. The predicted molar refractivity (Wildman–Crippen MR) is 109 cm³/mol. The van der Waals surface area contributed by atoms with Gasteiger partial charge in [-0.25, -0.2) is 13.2 Å². The Balaban J connectivity index is 1.69. The third-order valence-corrected chi connectivity index (χ3v) is 7.84. The van der Waals surface area contributed by atoms with Crippen LogP contribution in [0.15, 0.2) is 53.4 Å². The average molecular weight is 457 g/mol. The van der Waals surface area contributed by atoms with Gasteiger partial charge in [0.25, 0.3) is 0 Å². The fraction of sp³-hybridized carbons (Fsp3) is 0.350. The summed E-state index contributed by atoms with van der Waals surface area (Å²) >= 11 is 1.50. The number of hydrogen-bond acceptors (Lipinski definition) is 4. The van der Waals surface area contributed by atoms with Crippen LogP contribution in [0.1, 0.15) is 11.1 Å². The predicted octanol–water partition coefficient (Wildman–Crippen LogP) is 4.04. The molecule has 0 bridgehead atoms. The van der Waals surface area contributed by atoms with E-state index in [4.69, 9.17) is 0 Å². The van der Waals surface area contributed by atoms with E-state index in [1.807, 2.05) is 18.4 Å². The van der Waals surface area contributed by atoms with E-state index in [9.17, 15) is 26.4 Å². The summed E-state index contributed by atoms with van der Waals surface area (Å²) in [6.45, 7) is -0.0852. The molecule has 0 aromatic heterocycles. The van der Waals surface area contributed by atoms with Crippen LogP contribution >= 0.6 is 11.8 Å². The molecule has 2 aromatic carbocycles. The minimum absolute atomic E-state index is 0.0852. The van der Waals surface area contributed by atoms with E-state index >= 15 is 0 Å². The summed E-state index contributed by atoms with van der Waals surface area (Å²) in [5, 5.41) is 0. The van der Waals surface area contributed by atoms with Crippen LogP contribution < -0.4 is 4.90 Å². The maximum atomic E-state index is 13.2. The molecule has 160 valence electrons. The maximum Gasteiger partial charge on any atom is 0.416 e. The van der Waals surface area contributed by atoms with Crippen LogP contribution in [0.25, 0.3) is 0 Å². The third kappa shape index (κ3) is 3.90. The lowest BCUT2D eigenvalue weighted by molar-refractivity contribution is -0.137. The molecule has 5 nitrogen and oxygen atoms in total.